The summed E-state index contributed by atoms with van der Waals surface area (Å²) in [5.74, 6) is -2.01. The van der Waals surface area contributed by atoms with Gasteiger partial charge in [0.1, 0.15) is 0 Å². The number of aliphatic hydroxyl groups is 1. The van der Waals surface area contributed by atoms with E-state index < -0.39 is 24.0 Å². The van der Waals surface area contributed by atoms with Crippen molar-refractivity contribution in [2.75, 3.05) is 6.54 Å². The molecule has 0 saturated heterocycles. The summed E-state index contributed by atoms with van der Waals surface area (Å²) < 4.78 is 0. The van der Waals surface area contributed by atoms with Gasteiger partial charge >= 0.3 is 5.97 Å². The normalized spacial score (nSPS) is 13.8. The van der Waals surface area contributed by atoms with Gasteiger partial charge in [-0.3, -0.25) is 9.59 Å². The molecule has 92 valence electrons. The molecule has 1 heterocycles. The lowest BCUT2D eigenvalue weighted by molar-refractivity contribution is -0.155. The van der Waals surface area contributed by atoms with Gasteiger partial charge in [0.25, 0.3) is 5.91 Å². The number of hydrogen-bond donors (Lipinski definition) is 4. The van der Waals surface area contributed by atoms with Crippen LogP contribution in [0.1, 0.15) is 17.3 Å². The van der Waals surface area contributed by atoms with Gasteiger partial charge in [-0.05, 0) is 13.0 Å². The summed E-state index contributed by atoms with van der Waals surface area (Å²) in [6.45, 7) is 0.642. The monoisotopic (exact) mass is 240 g/mol. The van der Waals surface area contributed by atoms with Crippen LogP contribution in [0, 0.1) is 0 Å². The zero-order valence-corrected chi connectivity index (χ0v) is 9.06. The molecule has 4 N–H and O–H groups in total. The first-order valence-corrected chi connectivity index (χ1v) is 4.75. The quantitative estimate of drug-likeness (QED) is 0.534. The molecule has 0 aliphatic heterocycles. The van der Waals surface area contributed by atoms with Crippen LogP contribution in [0.3, 0.4) is 0 Å². The number of carbonyl (C=O) groups excluding carboxylic acids is 1. The lowest BCUT2D eigenvalue weighted by atomic mass is 10.1. The van der Waals surface area contributed by atoms with E-state index in [4.69, 9.17) is 5.11 Å². The average Bonchev–Trinajstić information content (AvgIpc) is 2.27. The van der Waals surface area contributed by atoms with E-state index in [2.05, 4.69) is 10.3 Å². The zero-order chi connectivity index (χ0) is 13.1. The number of aromatic nitrogens is 1. The maximum atomic E-state index is 11.5. The first-order chi connectivity index (χ1) is 7.83. The molecule has 0 aliphatic carbocycles. The third-order valence-corrected chi connectivity index (χ3v) is 2.10. The van der Waals surface area contributed by atoms with Gasteiger partial charge in [-0.25, -0.2) is 4.79 Å². The predicted octanol–water partition coefficient (Wildman–Crippen LogP) is -1.06. The van der Waals surface area contributed by atoms with Gasteiger partial charge in [-0.1, -0.05) is 0 Å². The Balaban J connectivity index is 2.65. The molecule has 0 radical (unpaired) electrons. The van der Waals surface area contributed by atoms with Gasteiger partial charge in [-0.2, -0.15) is 0 Å². The van der Waals surface area contributed by atoms with E-state index in [0.29, 0.717) is 0 Å². The van der Waals surface area contributed by atoms with Crippen molar-refractivity contribution in [3.63, 3.8) is 0 Å². The Hall–Kier alpha value is -2.15. The smallest absolute Gasteiger partial charge is 0.337 e. The SMILES string of the molecule is CC(O)(CNC(=O)c1ccc(=O)[nH]c1)C(=O)O. The number of hydrogen-bond acceptors (Lipinski definition) is 4. The minimum absolute atomic E-state index is 0.172. The lowest BCUT2D eigenvalue weighted by Crippen LogP contribution is -2.46. The largest absolute Gasteiger partial charge is 0.479 e. The maximum absolute atomic E-state index is 11.5. The second-order valence-electron chi connectivity index (χ2n) is 3.70. The summed E-state index contributed by atoms with van der Waals surface area (Å²) in [4.78, 5) is 35.1. The average molecular weight is 240 g/mol. The summed E-state index contributed by atoms with van der Waals surface area (Å²) in [5.41, 5.74) is -2.21. The Morgan fingerprint density at radius 2 is 2.12 bits per heavy atom. The summed E-state index contributed by atoms with van der Waals surface area (Å²) in [5, 5.41) is 20.2. The topological polar surface area (TPSA) is 119 Å². The summed E-state index contributed by atoms with van der Waals surface area (Å²) in [6.07, 6.45) is 1.20. The van der Waals surface area contributed by atoms with Crippen LogP contribution in [0.5, 0.6) is 0 Å². The van der Waals surface area contributed by atoms with Crippen molar-refractivity contribution in [1.82, 2.24) is 10.3 Å². The summed E-state index contributed by atoms with van der Waals surface area (Å²) in [7, 11) is 0. The van der Waals surface area contributed by atoms with Crippen LogP contribution in [0.4, 0.5) is 0 Å². The van der Waals surface area contributed by atoms with Crippen molar-refractivity contribution in [1.29, 1.82) is 0 Å². The molecule has 1 atom stereocenters. The van der Waals surface area contributed by atoms with Crippen molar-refractivity contribution >= 4 is 11.9 Å². The van der Waals surface area contributed by atoms with Gasteiger partial charge in [0.2, 0.25) is 5.56 Å². The highest BCUT2D eigenvalue weighted by molar-refractivity contribution is 5.94. The molecular weight excluding hydrogens is 228 g/mol. The van der Waals surface area contributed by atoms with Crippen molar-refractivity contribution in [2.45, 2.75) is 12.5 Å². The number of nitrogens with one attached hydrogen (secondary N) is 2. The number of carbonyl (C=O) groups is 2. The predicted molar refractivity (Wildman–Crippen MR) is 57.7 cm³/mol. The molecule has 0 bridgehead atoms. The summed E-state index contributed by atoms with van der Waals surface area (Å²) in [6, 6.07) is 2.47. The third kappa shape index (κ3) is 3.42. The molecule has 0 saturated carbocycles. The molecule has 1 unspecified atom stereocenters. The fourth-order valence-corrected chi connectivity index (χ4v) is 0.982. The standard InChI is InChI=1S/C10H12N2O5/c1-10(17,9(15)16)5-12-8(14)6-2-3-7(13)11-4-6/h2-4,17H,5H2,1H3,(H,11,13)(H,12,14)(H,15,16). The minimum Gasteiger partial charge on any atom is -0.479 e. The molecule has 1 aromatic rings. The molecule has 1 rings (SSSR count). The van der Waals surface area contributed by atoms with E-state index in [1.165, 1.54) is 18.3 Å². The van der Waals surface area contributed by atoms with E-state index >= 15 is 0 Å². The maximum Gasteiger partial charge on any atom is 0.337 e. The van der Waals surface area contributed by atoms with Gasteiger partial charge in [0, 0.05) is 12.3 Å². The molecular formula is C10H12N2O5. The number of amides is 1. The highest BCUT2D eigenvalue weighted by Gasteiger charge is 2.30. The number of pyridine rings is 1. The number of H-pyrrole nitrogens is 1. The second kappa shape index (κ2) is 4.79. The number of rotatable bonds is 4. The lowest BCUT2D eigenvalue weighted by Gasteiger charge is -2.18. The Morgan fingerprint density at radius 3 is 2.59 bits per heavy atom. The zero-order valence-electron chi connectivity index (χ0n) is 9.06. The van der Waals surface area contributed by atoms with Gasteiger partial charge in [-0.15, -0.1) is 0 Å². The molecule has 1 aromatic heterocycles. The Morgan fingerprint density at radius 1 is 1.47 bits per heavy atom. The molecule has 0 aromatic carbocycles. The van der Waals surface area contributed by atoms with E-state index in [9.17, 15) is 19.5 Å². The first-order valence-electron chi connectivity index (χ1n) is 4.75. The van der Waals surface area contributed by atoms with Crippen molar-refractivity contribution in [3.05, 3.63) is 34.2 Å². The number of aromatic amines is 1. The highest BCUT2D eigenvalue weighted by Crippen LogP contribution is 2.02. The molecule has 0 aliphatic rings. The second-order valence-corrected chi connectivity index (χ2v) is 3.70. The first kappa shape index (κ1) is 12.9. The van der Waals surface area contributed by atoms with Crippen molar-refractivity contribution in [2.24, 2.45) is 0 Å². The van der Waals surface area contributed by atoms with Crippen LogP contribution in [0.25, 0.3) is 0 Å². The summed E-state index contributed by atoms with van der Waals surface area (Å²) >= 11 is 0. The van der Waals surface area contributed by atoms with Crippen LogP contribution in [-0.4, -0.2) is 39.2 Å². The number of carboxylic acids is 1. The van der Waals surface area contributed by atoms with Crippen LogP contribution in [0.15, 0.2) is 23.1 Å². The van der Waals surface area contributed by atoms with E-state index in [-0.39, 0.29) is 11.1 Å². The molecule has 1 amide bonds. The van der Waals surface area contributed by atoms with E-state index in [0.717, 1.165) is 6.92 Å². The fraction of sp³-hybridized carbons (Fsp3) is 0.300. The van der Waals surface area contributed by atoms with Crippen LogP contribution >= 0.6 is 0 Å². The molecule has 7 nitrogen and oxygen atoms in total. The van der Waals surface area contributed by atoms with Crippen LogP contribution < -0.4 is 10.9 Å². The Labute approximate surface area is 96.1 Å². The van der Waals surface area contributed by atoms with Crippen molar-refractivity contribution < 1.29 is 19.8 Å². The Bertz CT molecular complexity index is 471. The van der Waals surface area contributed by atoms with Crippen LogP contribution in [-0.2, 0) is 4.79 Å². The van der Waals surface area contributed by atoms with Crippen LogP contribution in [0.2, 0.25) is 0 Å². The fourth-order valence-electron chi connectivity index (χ4n) is 0.982. The third-order valence-electron chi connectivity index (χ3n) is 2.10. The molecule has 17 heavy (non-hydrogen) atoms. The number of aliphatic carboxylic acids is 1. The van der Waals surface area contributed by atoms with Gasteiger partial charge in [0.15, 0.2) is 5.60 Å². The van der Waals surface area contributed by atoms with Gasteiger partial charge < -0.3 is 20.5 Å². The molecule has 7 heteroatoms. The van der Waals surface area contributed by atoms with E-state index in [1.54, 1.807) is 0 Å². The van der Waals surface area contributed by atoms with E-state index in [1.807, 2.05) is 0 Å². The Kier molecular flexibility index (Phi) is 3.64. The van der Waals surface area contributed by atoms with Gasteiger partial charge in [0.05, 0.1) is 12.1 Å². The molecule has 0 fully saturated rings. The van der Waals surface area contributed by atoms with Crippen molar-refractivity contribution in [3.8, 4) is 0 Å². The number of carboxylic acid groups (broad SMARTS) is 1. The highest BCUT2D eigenvalue weighted by atomic mass is 16.4. The molecule has 0 spiro atoms. The minimum atomic E-state index is -2.03.